The Balaban J connectivity index is 2.10. The maximum atomic E-state index is 11.9. The minimum Gasteiger partial charge on any atom is -0.462 e. The summed E-state index contributed by atoms with van der Waals surface area (Å²) in [7, 11) is -5.07. The molecular formula is C29H46NO10P. The van der Waals surface area contributed by atoms with Crippen LogP contribution in [0.15, 0.2) is 48.6 Å². The molecule has 232 valence electrons. The number of allylic oxidation sites excluding steroid dienone is 3. The summed E-state index contributed by atoms with van der Waals surface area (Å²) in [6, 6.07) is 0. The smallest absolute Gasteiger partial charge is 0.462 e. The Morgan fingerprint density at radius 1 is 1.27 bits per heavy atom. The van der Waals surface area contributed by atoms with E-state index < -0.39 is 37.7 Å². The lowest BCUT2D eigenvalue weighted by molar-refractivity contribution is -0.154. The molecule has 0 aromatic rings. The van der Waals surface area contributed by atoms with E-state index in [9.17, 15) is 34.2 Å². The van der Waals surface area contributed by atoms with E-state index in [2.05, 4.69) is 0 Å². The van der Waals surface area contributed by atoms with Crippen LogP contribution >= 0.6 is 7.82 Å². The third-order valence-electron chi connectivity index (χ3n) is 7.27. The molecule has 0 saturated heterocycles. The van der Waals surface area contributed by atoms with E-state index in [4.69, 9.17) is 19.7 Å². The normalized spacial score (nSPS) is 26.9. The Labute approximate surface area is 242 Å². The van der Waals surface area contributed by atoms with Crippen molar-refractivity contribution in [3.63, 3.8) is 0 Å². The molecule has 2 rings (SSSR count). The lowest BCUT2D eigenvalue weighted by Gasteiger charge is -2.35. The topological polar surface area (TPSA) is 186 Å². The van der Waals surface area contributed by atoms with E-state index >= 15 is 0 Å². The first-order valence-corrected chi connectivity index (χ1v) is 15.8. The van der Waals surface area contributed by atoms with Crippen molar-refractivity contribution in [2.45, 2.75) is 95.7 Å². The third kappa shape index (κ3) is 12.3. The fraction of sp³-hybridized carbons (Fsp3) is 0.655. The lowest BCUT2D eigenvalue weighted by atomic mass is 9.86. The van der Waals surface area contributed by atoms with Crippen LogP contribution < -0.4 is 5.73 Å². The zero-order valence-electron chi connectivity index (χ0n) is 24.1. The molecule has 7 atom stereocenters. The van der Waals surface area contributed by atoms with Gasteiger partial charge in [0, 0.05) is 18.4 Å². The number of hydrogen-bond acceptors (Lipinski definition) is 9. The van der Waals surface area contributed by atoms with Crippen LogP contribution in [0.3, 0.4) is 0 Å². The molecule has 1 heterocycles. The van der Waals surface area contributed by atoms with Gasteiger partial charge in [-0.15, -0.1) is 0 Å². The van der Waals surface area contributed by atoms with Crippen molar-refractivity contribution in [2.24, 2.45) is 23.5 Å². The number of rotatable bonds is 15. The Kier molecular flexibility index (Phi) is 14.1. The number of carbonyl (C=O) groups is 2. The maximum absolute atomic E-state index is 11.9. The highest BCUT2D eigenvalue weighted by molar-refractivity contribution is 7.46. The molecule has 41 heavy (non-hydrogen) atoms. The molecule has 0 aromatic carbocycles. The molecular weight excluding hydrogens is 553 g/mol. The second-order valence-corrected chi connectivity index (χ2v) is 12.2. The number of carbonyl (C=O) groups excluding carboxylic acids is 2. The summed E-state index contributed by atoms with van der Waals surface area (Å²) in [4.78, 5) is 42.7. The van der Waals surface area contributed by atoms with E-state index in [1.807, 2.05) is 13.0 Å². The van der Waals surface area contributed by atoms with Crippen LogP contribution in [-0.4, -0.2) is 68.5 Å². The minimum absolute atomic E-state index is 0.0487. The molecule has 2 aliphatic rings. The van der Waals surface area contributed by atoms with Crippen molar-refractivity contribution in [3.05, 3.63) is 48.6 Å². The number of esters is 2. The molecule has 0 aromatic heterocycles. The highest BCUT2D eigenvalue weighted by atomic mass is 31.2. The quantitative estimate of drug-likeness (QED) is 0.0805. The number of cyclic esters (lactones) is 1. The first-order valence-electron chi connectivity index (χ1n) is 14.2. The Hall–Kier alpha value is -2.11. The van der Waals surface area contributed by atoms with E-state index in [-0.39, 0.29) is 49.2 Å². The summed E-state index contributed by atoms with van der Waals surface area (Å²) in [6.07, 6.45) is 12.6. The van der Waals surface area contributed by atoms with E-state index in [0.29, 0.717) is 12.8 Å². The van der Waals surface area contributed by atoms with Gasteiger partial charge in [0.1, 0.15) is 23.9 Å². The predicted molar refractivity (Wildman–Crippen MR) is 153 cm³/mol. The van der Waals surface area contributed by atoms with Crippen LogP contribution in [0.2, 0.25) is 0 Å². The number of nitrogens with two attached hydrogens (primary N) is 1. The van der Waals surface area contributed by atoms with Gasteiger partial charge in [0.05, 0.1) is 12.0 Å². The van der Waals surface area contributed by atoms with Crippen LogP contribution in [0.25, 0.3) is 0 Å². The summed E-state index contributed by atoms with van der Waals surface area (Å²) in [5, 5.41) is 22.1. The van der Waals surface area contributed by atoms with Crippen molar-refractivity contribution in [3.8, 4) is 0 Å². The number of hydrogen-bond donors (Lipinski definition) is 5. The van der Waals surface area contributed by atoms with Crippen molar-refractivity contribution in [2.75, 3.05) is 6.54 Å². The fourth-order valence-corrected chi connectivity index (χ4v) is 5.55. The van der Waals surface area contributed by atoms with Gasteiger partial charge in [0.15, 0.2) is 0 Å². The summed E-state index contributed by atoms with van der Waals surface area (Å²) in [5.74, 6) is -0.863. The molecule has 12 heteroatoms. The Morgan fingerprint density at radius 2 is 2.00 bits per heavy atom. The SMILES string of the molecule is CC[C@H]1C=CC(=O)O[C@@H]1/C=C/[C@@](O)(CCN)[C@H](C[C@@H](O)/C=C\C=C/[C@H]1CCC[C@H](OC(=O)C(C)C)C1)OP(=O)(O)O. The number of aliphatic hydroxyl groups excluding tert-OH is 1. The molecule has 1 aliphatic carbocycles. The van der Waals surface area contributed by atoms with E-state index in [0.717, 1.165) is 19.3 Å². The zero-order chi connectivity index (χ0) is 30.6. The molecule has 0 unspecified atom stereocenters. The summed E-state index contributed by atoms with van der Waals surface area (Å²) >= 11 is 0. The first-order chi connectivity index (χ1) is 19.3. The monoisotopic (exact) mass is 599 g/mol. The summed E-state index contributed by atoms with van der Waals surface area (Å²) in [6.45, 7) is 5.46. The van der Waals surface area contributed by atoms with Gasteiger partial charge in [-0.1, -0.05) is 57.2 Å². The van der Waals surface area contributed by atoms with Gasteiger partial charge in [0.25, 0.3) is 0 Å². The average molecular weight is 600 g/mol. The lowest BCUT2D eigenvalue weighted by Crippen LogP contribution is -2.45. The molecule has 1 saturated carbocycles. The fourth-order valence-electron chi connectivity index (χ4n) is 4.95. The summed E-state index contributed by atoms with van der Waals surface area (Å²) in [5.41, 5.74) is 3.72. The highest BCUT2D eigenvalue weighted by Gasteiger charge is 2.40. The average Bonchev–Trinajstić information content (AvgIpc) is 2.89. The minimum atomic E-state index is -5.07. The van der Waals surface area contributed by atoms with Crippen LogP contribution in [-0.2, 0) is 28.2 Å². The molecule has 0 amide bonds. The molecule has 1 aliphatic heterocycles. The van der Waals surface area contributed by atoms with Crippen LogP contribution in [0.5, 0.6) is 0 Å². The molecule has 11 nitrogen and oxygen atoms in total. The van der Waals surface area contributed by atoms with Crippen molar-refractivity contribution in [1.29, 1.82) is 0 Å². The van der Waals surface area contributed by atoms with Gasteiger partial charge in [-0.05, 0) is 57.1 Å². The maximum Gasteiger partial charge on any atom is 0.469 e. The van der Waals surface area contributed by atoms with Gasteiger partial charge in [-0.2, -0.15) is 0 Å². The highest BCUT2D eigenvalue weighted by Crippen LogP contribution is 2.42. The van der Waals surface area contributed by atoms with Crippen molar-refractivity contribution < 1.29 is 48.2 Å². The molecule has 6 N–H and O–H groups in total. The number of phosphoric acid groups is 1. The molecule has 0 bridgehead atoms. The van der Waals surface area contributed by atoms with E-state index in [1.165, 1.54) is 24.3 Å². The standard InChI is InChI=1S/C29H46NO10P/c1-4-22-12-13-27(32)39-25(22)14-15-29(34,16-17-30)26(40-41(35,36)37)19-23(31)10-6-5-8-21-9-7-11-24(18-21)38-28(33)20(2)3/h5-6,8,10,12-15,20-26,31,34H,4,7,9,11,16-19,30H2,1-3H3,(H2,35,36,37)/b8-5-,10-6-,15-14+/t21-,22-,23-,24-,25+,26-,29+/m0/s1. The van der Waals surface area contributed by atoms with Crippen LogP contribution in [0.4, 0.5) is 0 Å². The third-order valence-corrected chi connectivity index (χ3v) is 7.80. The number of aliphatic hydroxyl groups is 2. The van der Waals surface area contributed by atoms with Gasteiger partial charge >= 0.3 is 19.8 Å². The van der Waals surface area contributed by atoms with Crippen molar-refractivity contribution >= 4 is 19.8 Å². The molecule has 0 spiro atoms. The largest absolute Gasteiger partial charge is 0.469 e. The Morgan fingerprint density at radius 3 is 2.63 bits per heavy atom. The zero-order valence-corrected chi connectivity index (χ0v) is 25.0. The second-order valence-electron chi connectivity index (χ2n) is 11.0. The number of phosphoric ester groups is 1. The van der Waals surface area contributed by atoms with E-state index in [1.54, 1.807) is 32.1 Å². The van der Waals surface area contributed by atoms with Gasteiger partial charge in [-0.25, -0.2) is 9.36 Å². The second kappa shape index (κ2) is 16.5. The van der Waals surface area contributed by atoms with Crippen LogP contribution in [0, 0.1) is 17.8 Å². The van der Waals surface area contributed by atoms with Gasteiger partial charge in [-0.3, -0.25) is 9.32 Å². The number of ether oxygens (including phenoxy) is 2. The molecule has 0 radical (unpaired) electrons. The van der Waals surface area contributed by atoms with Crippen molar-refractivity contribution in [1.82, 2.24) is 0 Å². The van der Waals surface area contributed by atoms with Crippen LogP contribution in [0.1, 0.15) is 65.7 Å². The predicted octanol–water partition coefficient (Wildman–Crippen LogP) is 3.23. The summed E-state index contributed by atoms with van der Waals surface area (Å²) < 4.78 is 27.6. The first kappa shape index (κ1) is 35.1. The Bertz CT molecular complexity index is 1020. The van der Waals surface area contributed by atoms with Gasteiger partial charge < -0.3 is 35.2 Å². The van der Waals surface area contributed by atoms with Gasteiger partial charge in [0.2, 0.25) is 0 Å². The molecule has 1 fully saturated rings.